The van der Waals surface area contributed by atoms with E-state index < -0.39 is 0 Å². The topological polar surface area (TPSA) is 54.7 Å². The normalized spacial score (nSPS) is 13.6. The lowest BCUT2D eigenvalue weighted by atomic mass is 9.83. The van der Waals surface area contributed by atoms with Crippen LogP contribution in [0.3, 0.4) is 0 Å². The van der Waals surface area contributed by atoms with Gasteiger partial charge in [-0.05, 0) is 48.1 Å². The van der Waals surface area contributed by atoms with E-state index in [0.29, 0.717) is 0 Å². The predicted octanol–water partition coefficient (Wildman–Crippen LogP) is 4.93. The Kier molecular flexibility index (Phi) is 5.03. The molecule has 0 bridgehead atoms. The van der Waals surface area contributed by atoms with Gasteiger partial charge in [0.15, 0.2) is 0 Å². The molecule has 3 rings (SSSR count). The van der Waals surface area contributed by atoms with Gasteiger partial charge in [-0.25, -0.2) is 0 Å². The van der Waals surface area contributed by atoms with Crippen LogP contribution >= 0.6 is 11.6 Å². The molecule has 124 valence electrons. The highest BCUT2D eigenvalue weighted by Crippen LogP contribution is 2.29. The first-order valence-corrected chi connectivity index (χ1v) is 8.61. The van der Waals surface area contributed by atoms with E-state index in [-0.39, 0.29) is 5.54 Å². The van der Waals surface area contributed by atoms with Gasteiger partial charge in [0.1, 0.15) is 0 Å². The highest BCUT2D eigenvalue weighted by molar-refractivity contribution is 6.30. The zero-order valence-corrected chi connectivity index (χ0v) is 14.6. The standard InChI is InChI=1S/C20H22ClN3/c1-2-20(22,18-7-9-19(21)10-8-18)12-11-15-3-5-16(6-4-15)17-13-23-24-14-17/h3-10,13-14H,2,11-12,22H2,1H3,(H,23,24). The summed E-state index contributed by atoms with van der Waals surface area (Å²) >= 11 is 5.99. The van der Waals surface area contributed by atoms with Crippen LogP contribution in [0.5, 0.6) is 0 Å². The second-order valence-corrected chi connectivity index (χ2v) is 6.64. The molecule has 1 aromatic heterocycles. The lowest BCUT2D eigenvalue weighted by Gasteiger charge is -2.29. The number of hydrogen-bond donors (Lipinski definition) is 2. The summed E-state index contributed by atoms with van der Waals surface area (Å²) in [6, 6.07) is 16.5. The number of benzene rings is 2. The Hall–Kier alpha value is -2.10. The number of nitrogens with one attached hydrogen (secondary N) is 1. The average Bonchev–Trinajstić information content (AvgIpc) is 3.15. The minimum absolute atomic E-state index is 0.326. The van der Waals surface area contributed by atoms with E-state index in [4.69, 9.17) is 17.3 Å². The van der Waals surface area contributed by atoms with Gasteiger partial charge in [0.25, 0.3) is 0 Å². The number of hydrogen-bond acceptors (Lipinski definition) is 2. The van der Waals surface area contributed by atoms with E-state index >= 15 is 0 Å². The first kappa shape index (κ1) is 16.7. The van der Waals surface area contributed by atoms with Gasteiger partial charge in [-0.1, -0.05) is 54.9 Å². The lowest BCUT2D eigenvalue weighted by Crippen LogP contribution is -2.36. The first-order valence-electron chi connectivity index (χ1n) is 8.24. The Labute approximate surface area is 147 Å². The second-order valence-electron chi connectivity index (χ2n) is 6.20. The van der Waals surface area contributed by atoms with Crippen molar-refractivity contribution in [1.29, 1.82) is 0 Å². The molecule has 0 fully saturated rings. The third-order valence-electron chi connectivity index (χ3n) is 4.70. The Bertz CT molecular complexity index is 764. The van der Waals surface area contributed by atoms with Gasteiger partial charge in [0.05, 0.1) is 6.20 Å². The van der Waals surface area contributed by atoms with Crippen molar-refractivity contribution in [3.8, 4) is 11.1 Å². The van der Waals surface area contributed by atoms with E-state index in [2.05, 4.69) is 41.4 Å². The molecule has 2 aromatic carbocycles. The van der Waals surface area contributed by atoms with E-state index in [1.165, 1.54) is 11.1 Å². The van der Waals surface area contributed by atoms with Crippen LogP contribution in [-0.4, -0.2) is 10.2 Å². The molecule has 0 amide bonds. The largest absolute Gasteiger partial charge is 0.321 e. The summed E-state index contributed by atoms with van der Waals surface area (Å²) in [7, 11) is 0. The van der Waals surface area contributed by atoms with Crippen molar-refractivity contribution < 1.29 is 0 Å². The second kappa shape index (κ2) is 7.20. The molecular weight excluding hydrogens is 318 g/mol. The molecule has 0 radical (unpaired) electrons. The maximum atomic E-state index is 6.67. The van der Waals surface area contributed by atoms with Crippen LogP contribution in [0.25, 0.3) is 11.1 Å². The molecule has 24 heavy (non-hydrogen) atoms. The average molecular weight is 340 g/mol. The van der Waals surface area contributed by atoms with Crippen molar-refractivity contribution in [2.45, 2.75) is 31.7 Å². The molecule has 0 saturated carbocycles. The number of nitrogens with two attached hydrogens (primary N) is 1. The summed E-state index contributed by atoms with van der Waals surface area (Å²) in [5.41, 5.74) is 11.0. The van der Waals surface area contributed by atoms with Crippen molar-refractivity contribution >= 4 is 11.6 Å². The molecule has 3 N–H and O–H groups in total. The highest BCUT2D eigenvalue weighted by atomic mass is 35.5. The fraction of sp³-hybridized carbons (Fsp3) is 0.250. The minimum atomic E-state index is -0.326. The number of H-pyrrole nitrogens is 1. The van der Waals surface area contributed by atoms with Crippen LogP contribution < -0.4 is 5.73 Å². The number of halogens is 1. The Morgan fingerprint density at radius 3 is 2.33 bits per heavy atom. The minimum Gasteiger partial charge on any atom is -0.321 e. The van der Waals surface area contributed by atoms with Crippen LogP contribution in [0.2, 0.25) is 5.02 Å². The molecule has 1 heterocycles. The van der Waals surface area contributed by atoms with Crippen molar-refractivity contribution in [1.82, 2.24) is 10.2 Å². The SMILES string of the molecule is CCC(N)(CCc1ccc(-c2cn[nH]c2)cc1)c1ccc(Cl)cc1. The molecule has 1 atom stereocenters. The van der Waals surface area contributed by atoms with Crippen LogP contribution in [0, 0.1) is 0 Å². The number of nitrogens with zero attached hydrogens (tertiary/aromatic N) is 1. The summed E-state index contributed by atoms with van der Waals surface area (Å²) in [4.78, 5) is 0. The number of aromatic amines is 1. The van der Waals surface area contributed by atoms with Gasteiger partial charge in [-0.2, -0.15) is 5.10 Å². The van der Waals surface area contributed by atoms with Crippen LogP contribution in [0.15, 0.2) is 60.9 Å². The van der Waals surface area contributed by atoms with E-state index in [1.54, 1.807) is 0 Å². The summed E-state index contributed by atoms with van der Waals surface area (Å²) in [5.74, 6) is 0. The summed E-state index contributed by atoms with van der Waals surface area (Å²) in [6.45, 7) is 2.14. The molecule has 4 heteroatoms. The van der Waals surface area contributed by atoms with Crippen LogP contribution in [0.1, 0.15) is 30.9 Å². The quantitative estimate of drug-likeness (QED) is 0.669. The fourth-order valence-corrected chi connectivity index (χ4v) is 3.07. The smallest absolute Gasteiger partial charge is 0.0565 e. The monoisotopic (exact) mass is 339 g/mol. The van der Waals surface area contributed by atoms with Gasteiger partial charge in [0, 0.05) is 22.3 Å². The molecule has 3 aromatic rings. The van der Waals surface area contributed by atoms with E-state index in [9.17, 15) is 0 Å². The highest BCUT2D eigenvalue weighted by Gasteiger charge is 2.24. The molecule has 0 saturated heterocycles. The zero-order chi connectivity index (χ0) is 17.0. The Morgan fingerprint density at radius 1 is 1.04 bits per heavy atom. The lowest BCUT2D eigenvalue weighted by molar-refractivity contribution is 0.394. The van der Waals surface area contributed by atoms with Crippen molar-refractivity contribution in [2.75, 3.05) is 0 Å². The molecular formula is C20H22ClN3. The van der Waals surface area contributed by atoms with Gasteiger partial charge in [-0.3, -0.25) is 5.10 Å². The third-order valence-corrected chi connectivity index (χ3v) is 4.95. The third kappa shape index (κ3) is 3.69. The fourth-order valence-electron chi connectivity index (χ4n) is 2.95. The van der Waals surface area contributed by atoms with E-state index in [1.807, 2.05) is 36.7 Å². The van der Waals surface area contributed by atoms with Gasteiger partial charge in [0.2, 0.25) is 0 Å². The van der Waals surface area contributed by atoms with Gasteiger partial charge < -0.3 is 5.73 Å². The van der Waals surface area contributed by atoms with Crippen molar-refractivity contribution in [2.24, 2.45) is 5.73 Å². The Balaban J connectivity index is 1.70. The summed E-state index contributed by atoms with van der Waals surface area (Å²) < 4.78 is 0. The number of aryl methyl sites for hydroxylation is 1. The predicted molar refractivity (Wildman–Crippen MR) is 100.0 cm³/mol. The van der Waals surface area contributed by atoms with Crippen molar-refractivity contribution in [3.63, 3.8) is 0 Å². The maximum Gasteiger partial charge on any atom is 0.0565 e. The van der Waals surface area contributed by atoms with Crippen LogP contribution in [-0.2, 0) is 12.0 Å². The molecule has 0 aliphatic rings. The van der Waals surface area contributed by atoms with Crippen LogP contribution in [0.4, 0.5) is 0 Å². The Morgan fingerprint density at radius 2 is 1.75 bits per heavy atom. The maximum absolute atomic E-state index is 6.67. The molecule has 0 aliphatic carbocycles. The van der Waals surface area contributed by atoms with Crippen molar-refractivity contribution in [3.05, 3.63) is 77.1 Å². The van der Waals surface area contributed by atoms with Gasteiger partial charge >= 0.3 is 0 Å². The zero-order valence-electron chi connectivity index (χ0n) is 13.8. The summed E-state index contributed by atoms with van der Waals surface area (Å²) in [6.07, 6.45) is 6.46. The first-order chi connectivity index (χ1) is 11.6. The molecule has 0 spiro atoms. The van der Waals surface area contributed by atoms with Gasteiger partial charge in [-0.15, -0.1) is 0 Å². The van der Waals surface area contributed by atoms with E-state index in [0.717, 1.165) is 35.4 Å². The molecule has 3 nitrogen and oxygen atoms in total. The summed E-state index contributed by atoms with van der Waals surface area (Å²) in [5, 5.41) is 7.57. The number of aromatic nitrogens is 2. The number of rotatable bonds is 6. The molecule has 1 unspecified atom stereocenters. The molecule has 0 aliphatic heterocycles.